The Hall–Kier alpha value is -3.34. The molecule has 26 heavy (non-hydrogen) atoms. The van der Waals surface area contributed by atoms with E-state index in [0.29, 0.717) is 11.5 Å². The zero-order chi connectivity index (χ0) is 17.5. The van der Waals surface area contributed by atoms with Gasteiger partial charge in [-0.2, -0.15) is 0 Å². The number of nitrogens with zero attached hydrogens (tertiary/aromatic N) is 3. The van der Waals surface area contributed by atoms with Gasteiger partial charge in [0.15, 0.2) is 5.75 Å². The lowest BCUT2D eigenvalue weighted by Gasteiger charge is -2.07. The van der Waals surface area contributed by atoms with Crippen LogP contribution in [0.4, 0.5) is 0 Å². The van der Waals surface area contributed by atoms with Crippen molar-refractivity contribution in [3.8, 4) is 34.0 Å². The van der Waals surface area contributed by atoms with Crippen molar-refractivity contribution >= 4 is 5.78 Å². The number of imidazole rings is 1. The van der Waals surface area contributed by atoms with E-state index in [1.807, 2.05) is 28.8 Å². The number of fused-ring (bicyclic) bond motifs is 2. The molecule has 5 nitrogen and oxygen atoms in total. The van der Waals surface area contributed by atoms with Crippen LogP contribution in [0.3, 0.4) is 0 Å². The molecule has 2 aromatic carbocycles. The van der Waals surface area contributed by atoms with Crippen molar-refractivity contribution in [1.29, 1.82) is 0 Å². The van der Waals surface area contributed by atoms with Crippen LogP contribution in [0.5, 0.6) is 11.5 Å². The third kappa shape index (κ3) is 2.32. The predicted octanol–water partition coefficient (Wildman–Crippen LogP) is 4.01. The first-order chi connectivity index (χ1) is 12.8. The number of hydrogen-bond donors (Lipinski definition) is 0. The summed E-state index contributed by atoms with van der Waals surface area (Å²) in [5.41, 5.74) is 5.22. The molecule has 5 heteroatoms. The van der Waals surface area contributed by atoms with E-state index < -0.39 is 0 Å². The van der Waals surface area contributed by atoms with Crippen molar-refractivity contribution in [3.63, 3.8) is 0 Å². The van der Waals surface area contributed by atoms with E-state index in [-0.39, 0.29) is 0 Å². The maximum absolute atomic E-state index is 5.75. The molecule has 1 aliphatic rings. The zero-order valence-electron chi connectivity index (χ0n) is 14.3. The highest BCUT2D eigenvalue weighted by atomic mass is 16.5. The molecule has 0 unspecified atom stereocenters. The fourth-order valence-electron chi connectivity index (χ4n) is 3.41. The van der Waals surface area contributed by atoms with Crippen molar-refractivity contribution < 1.29 is 9.47 Å². The summed E-state index contributed by atoms with van der Waals surface area (Å²) >= 11 is 0. The maximum Gasteiger partial charge on any atom is 0.235 e. The smallest absolute Gasteiger partial charge is 0.235 e. The number of rotatable bonds is 3. The standard InChI is InChI=1S/C21H17N3O2/c1-25-17-12-22-21-23-19(16-8-7-14-9-10-26-18(14)11-16)20(24(21)13-17)15-5-3-2-4-6-15/h2-8,11-13H,9-10H2,1H3. The second-order valence-corrected chi connectivity index (χ2v) is 6.26. The first-order valence-electron chi connectivity index (χ1n) is 8.57. The average Bonchev–Trinajstić information content (AvgIpc) is 3.31. The van der Waals surface area contributed by atoms with E-state index in [1.54, 1.807) is 13.3 Å². The summed E-state index contributed by atoms with van der Waals surface area (Å²) in [6.45, 7) is 0.744. The van der Waals surface area contributed by atoms with Gasteiger partial charge in [-0.15, -0.1) is 0 Å². The van der Waals surface area contributed by atoms with Crippen LogP contribution in [0.1, 0.15) is 5.56 Å². The fraction of sp³-hybridized carbons (Fsp3) is 0.143. The Kier molecular flexibility index (Phi) is 3.38. The van der Waals surface area contributed by atoms with E-state index >= 15 is 0 Å². The Labute approximate surface area is 150 Å². The summed E-state index contributed by atoms with van der Waals surface area (Å²) in [7, 11) is 1.64. The highest BCUT2D eigenvalue weighted by Gasteiger charge is 2.20. The van der Waals surface area contributed by atoms with E-state index in [1.165, 1.54) is 5.56 Å². The molecule has 0 saturated carbocycles. The zero-order valence-corrected chi connectivity index (χ0v) is 14.3. The molecule has 4 aromatic rings. The fourth-order valence-corrected chi connectivity index (χ4v) is 3.41. The molecule has 1 aliphatic heterocycles. The van der Waals surface area contributed by atoms with Crippen LogP contribution in [-0.2, 0) is 6.42 Å². The number of hydrogen-bond acceptors (Lipinski definition) is 4. The van der Waals surface area contributed by atoms with Gasteiger partial charge >= 0.3 is 0 Å². The molecular formula is C21H17N3O2. The molecule has 0 bridgehead atoms. The minimum absolute atomic E-state index is 0.640. The molecule has 0 N–H and O–H groups in total. The lowest BCUT2D eigenvalue weighted by atomic mass is 10.0. The molecule has 2 aromatic heterocycles. The molecule has 0 amide bonds. The molecule has 0 saturated heterocycles. The molecule has 3 heterocycles. The molecule has 0 fully saturated rings. The average molecular weight is 343 g/mol. The van der Waals surface area contributed by atoms with Crippen molar-refractivity contribution in [2.45, 2.75) is 6.42 Å². The highest BCUT2D eigenvalue weighted by Crippen LogP contribution is 2.36. The Balaban J connectivity index is 1.79. The van der Waals surface area contributed by atoms with Crippen LogP contribution in [0, 0.1) is 0 Å². The quantitative estimate of drug-likeness (QED) is 0.564. The first-order valence-corrected chi connectivity index (χ1v) is 8.57. The lowest BCUT2D eigenvalue weighted by Crippen LogP contribution is -1.94. The van der Waals surface area contributed by atoms with Crippen LogP contribution < -0.4 is 9.47 Å². The summed E-state index contributed by atoms with van der Waals surface area (Å²) in [6, 6.07) is 16.5. The summed E-state index contributed by atoms with van der Waals surface area (Å²) in [5.74, 6) is 2.28. The van der Waals surface area contributed by atoms with Gasteiger partial charge in [-0.25, -0.2) is 9.97 Å². The Morgan fingerprint density at radius 3 is 2.81 bits per heavy atom. The number of methoxy groups -OCH3 is 1. The summed E-state index contributed by atoms with van der Waals surface area (Å²) in [5, 5.41) is 0. The van der Waals surface area contributed by atoms with E-state index in [4.69, 9.17) is 14.5 Å². The molecule has 0 atom stereocenters. The third-order valence-corrected chi connectivity index (χ3v) is 4.71. The molecule has 5 rings (SSSR count). The minimum atomic E-state index is 0.640. The van der Waals surface area contributed by atoms with Crippen molar-refractivity contribution in [3.05, 3.63) is 66.5 Å². The molecule has 0 aliphatic carbocycles. The molecular weight excluding hydrogens is 326 g/mol. The van der Waals surface area contributed by atoms with Crippen LogP contribution >= 0.6 is 0 Å². The van der Waals surface area contributed by atoms with Gasteiger partial charge in [0.05, 0.1) is 37.5 Å². The van der Waals surface area contributed by atoms with Gasteiger partial charge in [0.25, 0.3) is 0 Å². The SMILES string of the molecule is COc1cnc2nc(-c3ccc4c(c3)OCC4)c(-c3ccccc3)n2c1. The van der Waals surface area contributed by atoms with Crippen LogP contribution in [-0.4, -0.2) is 28.1 Å². The highest BCUT2D eigenvalue weighted by molar-refractivity contribution is 5.82. The van der Waals surface area contributed by atoms with Gasteiger partial charge in [-0.05, 0) is 11.6 Å². The Morgan fingerprint density at radius 2 is 1.96 bits per heavy atom. The molecule has 0 radical (unpaired) electrons. The van der Waals surface area contributed by atoms with Gasteiger partial charge < -0.3 is 9.47 Å². The van der Waals surface area contributed by atoms with Crippen molar-refractivity contribution in [2.75, 3.05) is 13.7 Å². The lowest BCUT2D eigenvalue weighted by molar-refractivity contribution is 0.357. The second kappa shape index (κ2) is 5.88. The van der Waals surface area contributed by atoms with E-state index in [0.717, 1.165) is 41.3 Å². The minimum Gasteiger partial charge on any atom is -0.494 e. The van der Waals surface area contributed by atoms with Gasteiger partial charge in [-0.1, -0.05) is 42.5 Å². The second-order valence-electron chi connectivity index (χ2n) is 6.26. The van der Waals surface area contributed by atoms with E-state index in [9.17, 15) is 0 Å². The Morgan fingerprint density at radius 1 is 1.08 bits per heavy atom. The van der Waals surface area contributed by atoms with Gasteiger partial charge in [0, 0.05) is 17.5 Å². The summed E-state index contributed by atoms with van der Waals surface area (Å²) in [4.78, 5) is 9.25. The first kappa shape index (κ1) is 15.0. The van der Waals surface area contributed by atoms with Crippen LogP contribution in [0.15, 0.2) is 60.9 Å². The van der Waals surface area contributed by atoms with Crippen molar-refractivity contribution in [1.82, 2.24) is 14.4 Å². The monoisotopic (exact) mass is 343 g/mol. The Bertz CT molecular complexity index is 1100. The number of aromatic nitrogens is 3. The summed E-state index contributed by atoms with van der Waals surface area (Å²) in [6.07, 6.45) is 4.57. The summed E-state index contributed by atoms with van der Waals surface area (Å²) < 4.78 is 13.1. The van der Waals surface area contributed by atoms with Gasteiger partial charge in [0.1, 0.15) is 5.75 Å². The van der Waals surface area contributed by atoms with Gasteiger partial charge in [0.2, 0.25) is 5.78 Å². The molecule has 128 valence electrons. The van der Waals surface area contributed by atoms with Gasteiger partial charge in [-0.3, -0.25) is 4.40 Å². The maximum atomic E-state index is 5.75. The van der Waals surface area contributed by atoms with E-state index in [2.05, 4.69) is 35.3 Å². The van der Waals surface area contributed by atoms with Crippen LogP contribution in [0.25, 0.3) is 28.3 Å². The predicted molar refractivity (Wildman–Crippen MR) is 99.6 cm³/mol. The van der Waals surface area contributed by atoms with Crippen LogP contribution in [0.2, 0.25) is 0 Å². The number of benzene rings is 2. The number of ether oxygens (including phenoxy) is 2. The largest absolute Gasteiger partial charge is 0.494 e. The topological polar surface area (TPSA) is 48.7 Å². The normalized spacial score (nSPS) is 12.8. The third-order valence-electron chi connectivity index (χ3n) is 4.71. The molecule has 0 spiro atoms. The van der Waals surface area contributed by atoms with Crippen molar-refractivity contribution in [2.24, 2.45) is 0 Å².